The van der Waals surface area contributed by atoms with Crippen LogP contribution in [-0.4, -0.2) is 28.2 Å². The molecule has 2 heterocycles. The predicted octanol–water partition coefficient (Wildman–Crippen LogP) is 0.827. The fourth-order valence-corrected chi connectivity index (χ4v) is 2.25. The maximum absolute atomic E-state index is 12.2. The van der Waals surface area contributed by atoms with Crippen molar-refractivity contribution in [2.24, 2.45) is 11.7 Å². The van der Waals surface area contributed by atoms with Crippen LogP contribution < -0.4 is 16.2 Å². The van der Waals surface area contributed by atoms with Crippen LogP contribution in [0.3, 0.4) is 0 Å². The Bertz CT molecular complexity index is 474. The van der Waals surface area contributed by atoms with Gasteiger partial charge in [-0.1, -0.05) is 20.8 Å². The van der Waals surface area contributed by atoms with Crippen molar-refractivity contribution in [3.63, 3.8) is 0 Å². The second-order valence-electron chi connectivity index (χ2n) is 5.49. The quantitative estimate of drug-likeness (QED) is 0.859. The fraction of sp³-hybridized carbons (Fsp3) is 0.692. The second-order valence-corrected chi connectivity index (χ2v) is 5.49. The van der Waals surface area contributed by atoms with Gasteiger partial charge in [0.15, 0.2) is 5.82 Å². The number of aromatic nitrogens is 2. The van der Waals surface area contributed by atoms with E-state index in [0.717, 1.165) is 13.0 Å². The molecule has 0 radical (unpaired) electrons. The summed E-state index contributed by atoms with van der Waals surface area (Å²) in [5, 5.41) is 0. The first-order valence-electron chi connectivity index (χ1n) is 6.57. The third kappa shape index (κ3) is 2.14. The zero-order valence-electron chi connectivity index (χ0n) is 11.4. The molecule has 1 aliphatic rings. The molecule has 1 aromatic rings. The lowest BCUT2D eigenvalue weighted by Gasteiger charge is -2.50. The van der Waals surface area contributed by atoms with Gasteiger partial charge >= 0.3 is 0 Å². The van der Waals surface area contributed by atoms with E-state index in [1.807, 2.05) is 4.90 Å². The lowest BCUT2D eigenvalue weighted by atomic mass is 9.80. The summed E-state index contributed by atoms with van der Waals surface area (Å²) in [5.41, 5.74) is 6.05. The van der Waals surface area contributed by atoms with Gasteiger partial charge in [0, 0.05) is 32.0 Å². The van der Waals surface area contributed by atoms with Gasteiger partial charge in [-0.2, -0.15) is 0 Å². The highest BCUT2D eigenvalue weighted by Gasteiger charge is 2.43. The van der Waals surface area contributed by atoms with Gasteiger partial charge in [-0.3, -0.25) is 4.79 Å². The van der Waals surface area contributed by atoms with Crippen molar-refractivity contribution in [1.29, 1.82) is 0 Å². The van der Waals surface area contributed by atoms with E-state index in [2.05, 4.69) is 25.8 Å². The zero-order chi connectivity index (χ0) is 13.3. The highest BCUT2D eigenvalue weighted by atomic mass is 16.1. The Balaban J connectivity index is 2.17. The van der Waals surface area contributed by atoms with Crippen molar-refractivity contribution in [2.45, 2.75) is 39.3 Å². The van der Waals surface area contributed by atoms with Crippen LogP contribution in [0.15, 0.2) is 17.2 Å². The van der Waals surface area contributed by atoms with Gasteiger partial charge in [0.1, 0.15) is 0 Å². The molecule has 0 amide bonds. The molecule has 2 N–H and O–H groups in total. The largest absolute Gasteiger partial charge is 0.348 e. The van der Waals surface area contributed by atoms with Crippen LogP contribution in [0.25, 0.3) is 0 Å². The van der Waals surface area contributed by atoms with Crippen LogP contribution in [0, 0.1) is 5.92 Å². The molecule has 18 heavy (non-hydrogen) atoms. The van der Waals surface area contributed by atoms with Crippen molar-refractivity contribution in [3.8, 4) is 0 Å². The molecule has 0 aliphatic carbocycles. The van der Waals surface area contributed by atoms with Gasteiger partial charge in [-0.15, -0.1) is 0 Å². The summed E-state index contributed by atoms with van der Waals surface area (Å²) >= 11 is 0. The smallest absolute Gasteiger partial charge is 0.293 e. The summed E-state index contributed by atoms with van der Waals surface area (Å²) in [6.07, 6.45) is 4.38. The molecule has 0 atom stereocenters. The highest BCUT2D eigenvalue weighted by molar-refractivity contribution is 5.42. The van der Waals surface area contributed by atoms with Crippen LogP contribution >= 0.6 is 0 Å². The third-order valence-corrected chi connectivity index (χ3v) is 3.78. The molecule has 1 aliphatic heterocycles. The third-order valence-electron chi connectivity index (χ3n) is 3.78. The van der Waals surface area contributed by atoms with E-state index in [0.29, 0.717) is 24.8 Å². The van der Waals surface area contributed by atoms with E-state index in [1.54, 1.807) is 17.0 Å². The Hall–Kier alpha value is -1.36. The van der Waals surface area contributed by atoms with Crippen LogP contribution in [0.4, 0.5) is 5.82 Å². The van der Waals surface area contributed by atoms with Crippen LogP contribution in [0.2, 0.25) is 0 Å². The van der Waals surface area contributed by atoms with Crippen LogP contribution in [0.5, 0.6) is 0 Å². The molecule has 1 fully saturated rings. The first-order valence-corrected chi connectivity index (χ1v) is 6.57. The number of rotatable bonds is 4. The molecule has 1 saturated heterocycles. The Morgan fingerprint density at radius 3 is 2.72 bits per heavy atom. The topological polar surface area (TPSA) is 64.2 Å². The van der Waals surface area contributed by atoms with E-state index < -0.39 is 0 Å². The van der Waals surface area contributed by atoms with Gasteiger partial charge < -0.3 is 15.2 Å². The number of aryl methyl sites for hydroxylation is 1. The van der Waals surface area contributed by atoms with Gasteiger partial charge in [0.2, 0.25) is 0 Å². The lowest BCUT2D eigenvalue weighted by Crippen LogP contribution is -2.71. The summed E-state index contributed by atoms with van der Waals surface area (Å²) in [7, 11) is 0. The van der Waals surface area contributed by atoms with Gasteiger partial charge in [0.25, 0.3) is 5.56 Å². The van der Waals surface area contributed by atoms with Crippen molar-refractivity contribution < 1.29 is 0 Å². The lowest BCUT2D eigenvalue weighted by molar-refractivity contribution is 0.243. The minimum absolute atomic E-state index is 0.00911. The normalized spacial score (nSPS) is 17.9. The Kier molecular flexibility index (Phi) is 3.43. The maximum atomic E-state index is 12.2. The van der Waals surface area contributed by atoms with E-state index in [1.165, 1.54) is 0 Å². The average Bonchev–Trinajstić information content (AvgIpc) is 2.28. The monoisotopic (exact) mass is 250 g/mol. The summed E-state index contributed by atoms with van der Waals surface area (Å²) in [6.45, 7) is 8.45. The fourth-order valence-electron chi connectivity index (χ4n) is 2.25. The Morgan fingerprint density at radius 1 is 1.50 bits per heavy atom. The number of nitrogens with zero attached hydrogens (tertiary/aromatic N) is 3. The Labute approximate surface area is 108 Å². The molecule has 0 saturated carbocycles. The summed E-state index contributed by atoms with van der Waals surface area (Å²) < 4.78 is 1.72. The minimum Gasteiger partial charge on any atom is -0.348 e. The van der Waals surface area contributed by atoms with Crippen molar-refractivity contribution in [1.82, 2.24) is 9.55 Å². The van der Waals surface area contributed by atoms with Crippen LogP contribution in [-0.2, 0) is 6.54 Å². The molecule has 1 aromatic heterocycles. The van der Waals surface area contributed by atoms with E-state index >= 15 is 0 Å². The minimum atomic E-state index is -0.181. The number of hydrogen-bond acceptors (Lipinski definition) is 4. The van der Waals surface area contributed by atoms with Gasteiger partial charge in [0.05, 0.1) is 5.54 Å². The second kappa shape index (κ2) is 4.72. The summed E-state index contributed by atoms with van der Waals surface area (Å²) in [5.74, 6) is 0.947. The average molecular weight is 250 g/mol. The molecule has 0 bridgehead atoms. The predicted molar refractivity (Wildman–Crippen MR) is 72.8 cm³/mol. The first-order chi connectivity index (χ1) is 8.48. The van der Waals surface area contributed by atoms with Crippen molar-refractivity contribution in [2.75, 3.05) is 18.0 Å². The molecule has 0 spiro atoms. The SMILES string of the molecule is CCCn1ccnc(N2CC(N)(C(C)C)C2)c1=O. The molecule has 0 unspecified atom stereocenters. The molecule has 2 rings (SSSR count). The summed E-state index contributed by atoms with van der Waals surface area (Å²) in [6, 6.07) is 0. The maximum Gasteiger partial charge on any atom is 0.293 e. The van der Waals surface area contributed by atoms with E-state index in [4.69, 9.17) is 5.73 Å². The van der Waals surface area contributed by atoms with Crippen molar-refractivity contribution in [3.05, 3.63) is 22.7 Å². The highest BCUT2D eigenvalue weighted by Crippen LogP contribution is 2.28. The molecule has 0 aromatic carbocycles. The van der Waals surface area contributed by atoms with Gasteiger partial charge in [-0.05, 0) is 12.3 Å². The van der Waals surface area contributed by atoms with Crippen molar-refractivity contribution >= 4 is 5.82 Å². The summed E-state index contributed by atoms with van der Waals surface area (Å²) in [4.78, 5) is 18.4. The Morgan fingerprint density at radius 2 is 2.17 bits per heavy atom. The van der Waals surface area contributed by atoms with E-state index in [-0.39, 0.29) is 11.1 Å². The molecule has 100 valence electrons. The first kappa shape index (κ1) is 13.1. The standard InChI is InChI=1S/C13H22N4O/c1-4-6-16-7-5-15-11(12(16)18)17-8-13(14,9-17)10(2)3/h5,7,10H,4,6,8-9,14H2,1-3H3. The molecule has 5 nitrogen and oxygen atoms in total. The number of nitrogens with two attached hydrogens (primary N) is 1. The molecular formula is C13H22N4O. The van der Waals surface area contributed by atoms with Crippen LogP contribution in [0.1, 0.15) is 27.2 Å². The van der Waals surface area contributed by atoms with E-state index in [9.17, 15) is 4.79 Å². The molecule has 5 heteroatoms. The zero-order valence-corrected chi connectivity index (χ0v) is 11.4. The number of anilines is 1. The van der Waals surface area contributed by atoms with Gasteiger partial charge in [-0.25, -0.2) is 4.98 Å². The number of hydrogen-bond donors (Lipinski definition) is 1. The molecular weight excluding hydrogens is 228 g/mol.